The Bertz CT molecular complexity index is 1050. The molecule has 160 valence electrons. The number of carbonyl (C=O) groups excluding carboxylic acids is 2. The molecule has 8 nitrogen and oxygen atoms in total. The summed E-state index contributed by atoms with van der Waals surface area (Å²) >= 11 is 0. The number of aryl methyl sites for hydroxylation is 1. The largest absolute Gasteiger partial charge is 0.545 e. The highest BCUT2D eigenvalue weighted by Gasteiger charge is 2.31. The third-order valence-corrected chi connectivity index (χ3v) is 5.85. The van der Waals surface area contributed by atoms with Gasteiger partial charge in [-0.25, -0.2) is 4.39 Å². The molecule has 1 amide bonds. The molecule has 30 heavy (non-hydrogen) atoms. The van der Waals surface area contributed by atoms with Gasteiger partial charge in [0.15, 0.2) is 5.43 Å². The van der Waals surface area contributed by atoms with E-state index in [1.807, 2.05) is 11.8 Å². The molecule has 2 aromatic rings. The lowest BCUT2D eigenvalue weighted by Gasteiger charge is -2.37. The fraction of sp³-hybridized carbons (Fsp3) is 0.476. The van der Waals surface area contributed by atoms with Gasteiger partial charge in [-0.2, -0.15) is 0 Å². The SMILES string of the molecule is CCn1cc(C(=O)[O-])c(=O)c2cc(F)c(N3CCN(C(=O)[C@@H]4CCCO4)CC3)cc21. The van der Waals surface area contributed by atoms with Crippen molar-refractivity contribution in [2.75, 3.05) is 37.7 Å². The Morgan fingerprint density at radius 2 is 1.97 bits per heavy atom. The number of hydrogen-bond acceptors (Lipinski definition) is 6. The zero-order chi connectivity index (χ0) is 21.4. The number of nitrogens with zero attached hydrogens (tertiary/aromatic N) is 3. The van der Waals surface area contributed by atoms with Gasteiger partial charge >= 0.3 is 0 Å². The zero-order valence-electron chi connectivity index (χ0n) is 16.7. The van der Waals surface area contributed by atoms with Gasteiger partial charge in [0.05, 0.1) is 22.7 Å². The predicted molar refractivity (Wildman–Crippen MR) is 106 cm³/mol. The molecule has 2 fully saturated rings. The second kappa shape index (κ2) is 8.06. The van der Waals surface area contributed by atoms with Crippen LogP contribution in [0.15, 0.2) is 23.1 Å². The van der Waals surface area contributed by atoms with Crippen molar-refractivity contribution >= 4 is 28.5 Å². The van der Waals surface area contributed by atoms with Gasteiger partial charge < -0.3 is 29.0 Å². The molecular weight excluding hydrogens is 393 g/mol. The van der Waals surface area contributed by atoms with Gasteiger partial charge in [0, 0.05) is 50.9 Å². The topological polar surface area (TPSA) is 94.9 Å². The first-order chi connectivity index (χ1) is 14.4. The molecule has 0 saturated carbocycles. The lowest BCUT2D eigenvalue weighted by atomic mass is 10.1. The van der Waals surface area contributed by atoms with Crippen LogP contribution in [-0.2, 0) is 16.1 Å². The first-order valence-corrected chi connectivity index (χ1v) is 10.1. The van der Waals surface area contributed by atoms with Gasteiger partial charge in [0.1, 0.15) is 11.9 Å². The Morgan fingerprint density at radius 3 is 2.57 bits per heavy atom. The normalized spacial score (nSPS) is 19.5. The van der Waals surface area contributed by atoms with Crippen LogP contribution < -0.4 is 15.4 Å². The molecule has 0 spiro atoms. The molecule has 0 bridgehead atoms. The van der Waals surface area contributed by atoms with E-state index in [2.05, 4.69) is 0 Å². The van der Waals surface area contributed by atoms with Crippen LogP contribution in [0, 0.1) is 5.82 Å². The molecule has 2 aliphatic rings. The minimum atomic E-state index is -1.58. The maximum Gasteiger partial charge on any atom is 0.251 e. The molecule has 0 N–H and O–H groups in total. The number of benzene rings is 1. The van der Waals surface area contributed by atoms with Gasteiger partial charge in [0.2, 0.25) is 0 Å². The summed E-state index contributed by atoms with van der Waals surface area (Å²) in [6.07, 6.45) is 2.49. The Hall–Kier alpha value is -2.94. The highest BCUT2D eigenvalue weighted by molar-refractivity contribution is 5.92. The summed E-state index contributed by atoms with van der Waals surface area (Å²) in [6.45, 7) is 4.65. The molecule has 2 aliphatic heterocycles. The van der Waals surface area contributed by atoms with E-state index in [0.717, 1.165) is 18.9 Å². The first-order valence-electron chi connectivity index (χ1n) is 10.1. The zero-order valence-corrected chi connectivity index (χ0v) is 16.7. The molecule has 0 aliphatic carbocycles. The summed E-state index contributed by atoms with van der Waals surface area (Å²) in [5.74, 6) is -2.20. The lowest BCUT2D eigenvalue weighted by Crippen LogP contribution is -2.51. The number of aromatic nitrogens is 1. The average molecular weight is 416 g/mol. The summed E-state index contributed by atoms with van der Waals surface area (Å²) in [6, 6.07) is 2.67. The molecule has 3 heterocycles. The number of anilines is 1. The third-order valence-electron chi connectivity index (χ3n) is 5.85. The molecular formula is C21H23FN3O5-. The number of fused-ring (bicyclic) bond motifs is 1. The Kier molecular flexibility index (Phi) is 5.46. The predicted octanol–water partition coefficient (Wildman–Crippen LogP) is 0.352. The Labute approximate surface area is 172 Å². The van der Waals surface area contributed by atoms with E-state index >= 15 is 0 Å². The highest BCUT2D eigenvalue weighted by atomic mass is 19.1. The smallest absolute Gasteiger partial charge is 0.251 e. The van der Waals surface area contributed by atoms with Crippen LogP contribution in [0.4, 0.5) is 10.1 Å². The first kappa shape index (κ1) is 20.3. The van der Waals surface area contributed by atoms with Crippen LogP contribution in [0.3, 0.4) is 0 Å². The third kappa shape index (κ3) is 3.54. The molecule has 4 rings (SSSR count). The van der Waals surface area contributed by atoms with Crippen LogP contribution in [0.5, 0.6) is 0 Å². The van der Waals surface area contributed by atoms with E-state index in [9.17, 15) is 23.9 Å². The summed E-state index contributed by atoms with van der Waals surface area (Å²) in [4.78, 5) is 39.8. The number of hydrogen-bond donors (Lipinski definition) is 0. The van der Waals surface area contributed by atoms with Crippen LogP contribution in [-0.4, -0.2) is 60.2 Å². The number of rotatable bonds is 4. The molecule has 0 radical (unpaired) electrons. The maximum atomic E-state index is 14.9. The maximum absolute atomic E-state index is 14.9. The number of carbonyl (C=O) groups is 2. The van der Waals surface area contributed by atoms with Crippen molar-refractivity contribution in [3.63, 3.8) is 0 Å². The van der Waals surface area contributed by atoms with Crippen molar-refractivity contribution < 1.29 is 23.8 Å². The van der Waals surface area contributed by atoms with E-state index in [1.165, 1.54) is 6.20 Å². The highest BCUT2D eigenvalue weighted by Crippen LogP contribution is 2.27. The van der Waals surface area contributed by atoms with Crippen molar-refractivity contribution in [2.45, 2.75) is 32.4 Å². The quantitative estimate of drug-likeness (QED) is 0.714. The average Bonchev–Trinajstić information content (AvgIpc) is 3.28. The van der Waals surface area contributed by atoms with Gasteiger partial charge in [-0.3, -0.25) is 9.59 Å². The van der Waals surface area contributed by atoms with E-state index in [-0.39, 0.29) is 17.4 Å². The monoisotopic (exact) mass is 416 g/mol. The van der Waals surface area contributed by atoms with Crippen LogP contribution in [0.25, 0.3) is 10.9 Å². The van der Waals surface area contributed by atoms with Crippen molar-refractivity contribution in [2.24, 2.45) is 0 Å². The second-order valence-corrected chi connectivity index (χ2v) is 7.58. The van der Waals surface area contributed by atoms with Crippen molar-refractivity contribution in [3.8, 4) is 0 Å². The number of ether oxygens (including phenoxy) is 1. The lowest BCUT2D eigenvalue weighted by molar-refractivity contribution is -0.255. The number of carboxylic acid groups (broad SMARTS) is 1. The van der Waals surface area contributed by atoms with Gasteiger partial charge in [-0.15, -0.1) is 0 Å². The number of amides is 1. The van der Waals surface area contributed by atoms with Crippen molar-refractivity contribution in [1.82, 2.24) is 9.47 Å². The second-order valence-electron chi connectivity index (χ2n) is 7.58. The number of aromatic carboxylic acids is 1. The summed E-state index contributed by atoms with van der Waals surface area (Å²) in [5.41, 5.74) is -0.457. The van der Waals surface area contributed by atoms with E-state index < -0.39 is 22.8 Å². The van der Waals surface area contributed by atoms with Crippen LogP contribution in [0.1, 0.15) is 30.1 Å². The summed E-state index contributed by atoms with van der Waals surface area (Å²) in [7, 11) is 0. The molecule has 9 heteroatoms. The van der Waals surface area contributed by atoms with Gasteiger partial charge in [0.25, 0.3) is 5.91 Å². The number of carboxylic acids is 1. The molecule has 0 unspecified atom stereocenters. The van der Waals surface area contributed by atoms with Gasteiger partial charge in [-0.05, 0) is 31.9 Å². The fourth-order valence-corrected chi connectivity index (χ4v) is 4.19. The summed E-state index contributed by atoms with van der Waals surface area (Å²) in [5, 5.41) is 11.3. The van der Waals surface area contributed by atoms with E-state index in [0.29, 0.717) is 50.5 Å². The number of halogens is 1. The van der Waals surface area contributed by atoms with E-state index in [4.69, 9.17) is 4.74 Å². The minimum absolute atomic E-state index is 0.00648. The van der Waals surface area contributed by atoms with Crippen LogP contribution in [0.2, 0.25) is 0 Å². The van der Waals surface area contributed by atoms with Crippen LogP contribution >= 0.6 is 0 Å². The van der Waals surface area contributed by atoms with Gasteiger partial charge in [-0.1, -0.05) is 0 Å². The van der Waals surface area contributed by atoms with E-state index in [1.54, 1.807) is 15.5 Å². The molecule has 2 saturated heterocycles. The number of piperazine rings is 1. The summed E-state index contributed by atoms with van der Waals surface area (Å²) < 4.78 is 22.0. The van der Waals surface area contributed by atoms with Crippen molar-refractivity contribution in [3.05, 3.63) is 39.9 Å². The standard InChI is InChI=1S/C21H24FN3O5/c1-2-23-12-14(21(28)29)19(26)13-10-15(22)17(11-16(13)23)24-5-7-25(8-6-24)20(27)18-4-3-9-30-18/h10-12,18H,2-9H2,1H3,(H,28,29)/p-1/t18-/m0/s1. The Balaban J connectivity index is 1.61. The number of pyridine rings is 1. The minimum Gasteiger partial charge on any atom is -0.545 e. The Morgan fingerprint density at radius 1 is 1.23 bits per heavy atom. The fourth-order valence-electron chi connectivity index (χ4n) is 4.19. The molecule has 1 aromatic carbocycles. The molecule has 1 atom stereocenters. The molecule has 1 aromatic heterocycles. The van der Waals surface area contributed by atoms with Crippen molar-refractivity contribution in [1.29, 1.82) is 0 Å².